The Balaban J connectivity index is 1.72. The Hall–Kier alpha value is -3.21. The van der Waals surface area contributed by atoms with Crippen molar-refractivity contribution in [2.24, 2.45) is 5.92 Å². The van der Waals surface area contributed by atoms with Gasteiger partial charge in [-0.15, -0.1) is 0 Å². The molecule has 3 aromatic rings. The zero-order chi connectivity index (χ0) is 17.6. The number of esters is 1. The number of nitrogens with zero attached hydrogens (tertiary/aromatic N) is 1. The summed E-state index contributed by atoms with van der Waals surface area (Å²) in [7, 11) is 0. The van der Waals surface area contributed by atoms with Gasteiger partial charge in [-0.1, -0.05) is 48.5 Å². The molecule has 0 saturated heterocycles. The van der Waals surface area contributed by atoms with E-state index in [0.29, 0.717) is 5.56 Å². The van der Waals surface area contributed by atoms with Crippen molar-refractivity contribution >= 4 is 22.7 Å². The Morgan fingerprint density at radius 1 is 1.04 bits per heavy atom. The van der Waals surface area contributed by atoms with Crippen LogP contribution in [-0.2, 0) is 27.4 Å². The third-order valence-corrected chi connectivity index (χ3v) is 4.00. The molecule has 0 saturated carbocycles. The monoisotopic (exact) mass is 335 g/mol. The molecule has 0 spiro atoms. The van der Waals surface area contributed by atoms with Gasteiger partial charge in [-0.25, -0.2) is 0 Å². The minimum Gasteiger partial charge on any atom is -0.481 e. The Morgan fingerprint density at radius 2 is 1.84 bits per heavy atom. The number of carboxylic acids is 1. The second-order valence-corrected chi connectivity index (χ2v) is 5.70. The standard InChI is InChI=1S/C20H17NO4/c22-19(23)18(11-14-5-4-10-21-12-14)20(24)25-13-16-8-3-7-15-6-1-2-9-17(15)16/h1-10,12,18H,11,13H2,(H,22,23). The van der Waals surface area contributed by atoms with Gasteiger partial charge in [0.05, 0.1) is 0 Å². The minimum atomic E-state index is -1.25. The molecule has 1 atom stereocenters. The van der Waals surface area contributed by atoms with Crippen molar-refractivity contribution in [3.05, 3.63) is 78.1 Å². The van der Waals surface area contributed by atoms with Crippen LogP contribution in [0.4, 0.5) is 0 Å². The number of ether oxygens (including phenoxy) is 1. The Bertz CT molecular complexity index is 887. The predicted molar refractivity (Wildman–Crippen MR) is 92.8 cm³/mol. The molecule has 1 N–H and O–H groups in total. The lowest BCUT2D eigenvalue weighted by atomic mass is 10.0. The normalized spacial score (nSPS) is 11.8. The van der Waals surface area contributed by atoms with E-state index in [2.05, 4.69) is 4.98 Å². The van der Waals surface area contributed by atoms with Gasteiger partial charge in [-0.05, 0) is 34.4 Å². The van der Waals surface area contributed by atoms with Crippen LogP contribution in [0.5, 0.6) is 0 Å². The quantitative estimate of drug-likeness (QED) is 0.553. The number of carbonyl (C=O) groups excluding carboxylic acids is 1. The molecule has 0 bridgehead atoms. The topological polar surface area (TPSA) is 76.5 Å². The highest BCUT2D eigenvalue weighted by Crippen LogP contribution is 2.20. The molecule has 5 nitrogen and oxygen atoms in total. The van der Waals surface area contributed by atoms with Crippen LogP contribution in [0.15, 0.2) is 67.0 Å². The van der Waals surface area contributed by atoms with Crippen LogP contribution in [0.2, 0.25) is 0 Å². The molecule has 25 heavy (non-hydrogen) atoms. The van der Waals surface area contributed by atoms with E-state index < -0.39 is 17.9 Å². The molecule has 2 aromatic carbocycles. The summed E-state index contributed by atoms with van der Waals surface area (Å²) in [6.07, 6.45) is 3.20. The average molecular weight is 335 g/mol. The largest absolute Gasteiger partial charge is 0.481 e. The number of rotatable bonds is 6. The summed E-state index contributed by atoms with van der Waals surface area (Å²) in [4.78, 5) is 27.7. The van der Waals surface area contributed by atoms with E-state index in [1.54, 1.807) is 24.5 Å². The molecule has 0 aliphatic heterocycles. The maximum Gasteiger partial charge on any atom is 0.320 e. The lowest BCUT2D eigenvalue weighted by molar-refractivity contribution is -0.159. The zero-order valence-corrected chi connectivity index (χ0v) is 13.5. The first-order valence-electron chi connectivity index (χ1n) is 7.90. The molecule has 1 aromatic heterocycles. The summed E-state index contributed by atoms with van der Waals surface area (Å²) in [6, 6.07) is 16.9. The number of carboxylic acid groups (broad SMARTS) is 1. The van der Waals surface area contributed by atoms with Crippen molar-refractivity contribution in [2.75, 3.05) is 0 Å². The summed E-state index contributed by atoms with van der Waals surface area (Å²) in [5, 5.41) is 11.4. The van der Waals surface area contributed by atoms with Crippen LogP contribution in [0.1, 0.15) is 11.1 Å². The molecule has 1 heterocycles. The van der Waals surface area contributed by atoms with E-state index in [1.165, 1.54) is 0 Å². The van der Waals surface area contributed by atoms with Crippen molar-refractivity contribution in [3.63, 3.8) is 0 Å². The maximum atomic E-state index is 12.3. The van der Waals surface area contributed by atoms with Crippen molar-refractivity contribution < 1.29 is 19.4 Å². The number of benzene rings is 2. The number of pyridine rings is 1. The molecule has 0 radical (unpaired) electrons. The van der Waals surface area contributed by atoms with E-state index in [0.717, 1.165) is 16.3 Å². The smallest absolute Gasteiger partial charge is 0.320 e. The molecule has 0 amide bonds. The summed E-state index contributed by atoms with van der Waals surface area (Å²) in [5.41, 5.74) is 1.52. The Morgan fingerprint density at radius 3 is 2.60 bits per heavy atom. The number of fused-ring (bicyclic) bond motifs is 1. The summed E-state index contributed by atoms with van der Waals surface area (Å²) in [5.74, 6) is -3.20. The molecule has 1 unspecified atom stereocenters. The van der Waals surface area contributed by atoms with Gasteiger partial charge in [0.25, 0.3) is 0 Å². The maximum absolute atomic E-state index is 12.3. The van der Waals surface area contributed by atoms with E-state index in [1.807, 2.05) is 42.5 Å². The van der Waals surface area contributed by atoms with Crippen molar-refractivity contribution in [3.8, 4) is 0 Å². The number of aromatic nitrogens is 1. The van der Waals surface area contributed by atoms with Gasteiger partial charge in [0.1, 0.15) is 6.61 Å². The van der Waals surface area contributed by atoms with Crippen LogP contribution in [-0.4, -0.2) is 22.0 Å². The molecule has 0 aliphatic carbocycles. The highest BCUT2D eigenvalue weighted by Gasteiger charge is 2.28. The van der Waals surface area contributed by atoms with Crippen LogP contribution in [0.25, 0.3) is 10.8 Å². The predicted octanol–water partition coefficient (Wildman–Crippen LogP) is 3.22. The lowest BCUT2D eigenvalue weighted by Crippen LogP contribution is -2.28. The molecule has 126 valence electrons. The number of carbonyl (C=O) groups is 2. The van der Waals surface area contributed by atoms with Gasteiger partial charge in [0, 0.05) is 12.4 Å². The zero-order valence-electron chi connectivity index (χ0n) is 13.5. The first kappa shape index (κ1) is 16.6. The Labute approximate surface area is 144 Å². The van der Waals surface area contributed by atoms with Crippen LogP contribution >= 0.6 is 0 Å². The van der Waals surface area contributed by atoms with Crippen LogP contribution in [0, 0.1) is 5.92 Å². The molecule has 5 heteroatoms. The van der Waals surface area contributed by atoms with Crippen LogP contribution < -0.4 is 0 Å². The van der Waals surface area contributed by atoms with E-state index in [4.69, 9.17) is 4.74 Å². The fourth-order valence-electron chi connectivity index (χ4n) is 2.69. The first-order chi connectivity index (χ1) is 12.1. The van der Waals surface area contributed by atoms with E-state index in [9.17, 15) is 14.7 Å². The summed E-state index contributed by atoms with van der Waals surface area (Å²) < 4.78 is 5.29. The van der Waals surface area contributed by atoms with Crippen molar-refractivity contribution in [1.82, 2.24) is 4.98 Å². The second kappa shape index (κ2) is 7.57. The highest BCUT2D eigenvalue weighted by atomic mass is 16.5. The minimum absolute atomic E-state index is 0.0387. The van der Waals surface area contributed by atoms with Gasteiger partial charge in [-0.3, -0.25) is 14.6 Å². The fourth-order valence-corrected chi connectivity index (χ4v) is 2.69. The van der Waals surface area contributed by atoms with Crippen molar-refractivity contribution in [1.29, 1.82) is 0 Å². The second-order valence-electron chi connectivity index (χ2n) is 5.70. The molecular formula is C20H17NO4. The number of hydrogen-bond acceptors (Lipinski definition) is 4. The molecule has 0 aliphatic rings. The van der Waals surface area contributed by atoms with E-state index in [-0.39, 0.29) is 13.0 Å². The third-order valence-electron chi connectivity index (χ3n) is 4.00. The highest BCUT2D eigenvalue weighted by molar-refractivity contribution is 5.94. The summed E-state index contributed by atoms with van der Waals surface area (Å²) >= 11 is 0. The first-order valence-corrected chi connectivity index (χ1v) is 7.90. The molecule has 3 rings (SSSR count). The summed E-state index contributed by atoms with van der Waals surface area (Å²) in [6.45, 7) is 0.0387. The van der Waals surface area contributed by atoms with Crippen molar-refractivity contribution in [2.45, 2.75) is 13.0 Å². The molecular weight excluding hydrogens is 318 g/mol. The number of hydrogen-bond donors (Lipinski definition) is 1. The van der Waals surface area contributed by atoms with Gasteiger partial charge < -0.3 is 9.84 Å². The SMILES string of the molecule is O=C(O)C(Cc1cccnc1)C(=O)OCc1cccc2ccccc12. The lowest BCUT2D eigenvalue weighted by Gasteiger charge is -2.13. The molecule has 0 fully saturated rings. The van der Waals surface area contributed by atoms with Gasteiger partial charge in [0.2, 0.25) is 0 Å². The van der Waals surface area contributed by atoms with Gasteiger partial charge in [-0.2, -0.15) is 0 Å². The van der Waals surface area contributed by atoms with Gasteiger partial charge in [0.15, 0.2) is 5.92 Å². The Kier molecular flexibility index (Phi) is 5.04. The fraction of sp³-hybridized carbons (Fsp3) is 0.150. The number of aliphatic carboxylic acids is 1. The average Bonchev–Trinajstić information content (AvgIpc) is 2.64. The van der Waals surface area contributed by atoms with Crippen LogP contribution in [0.3, 0.4) is 0 Å². The third kappa shape index (κ3) is 4.01. The van der Waals surface area contributed by atoms with E-state index >= 15 is 0 Å². The van der Waals surface area contributed by atoms with Gasteiger partial charge >= 0.3 is 11.9 Å².